The quantitative estimate of drug-likeness (QED) is 0.472. The number of hydrogen-bond acceptors (Lipinski definition) is 5. The summed E-state index contributed by atoms with van der Waals surface area (Å²) in [7, 11) is 1.56. The molecule has 1 aromatic rings. The number of nitriles is 1. The Kier molecular flexibility index (Phi) is 7.42. The molecular weight excluding hydrogens is 344 g/mol. The number of hydrogen-bond donors (Lipinski definition) is 1. The van der Waals surface area contributed by atoms with Gasteiger partial charge in [-0.15, -0.1) is 0 Å². The minimum atomic E-state index is -0.812. The summed E-state index contributed by atoms with van der Waals surface area (Å²) in [4.78, 5) is 24.2. The van der Waals surface area contributed by atoms with Crippen molar-refractivity contribution >= 4 is 18.0 Å². The van der Waals surface area contributed by atoms with Crippen molar-refractivity contribution in [2.45, 2.75) is 39.2 Å². The fourth-order valence-electron chi connectivity index (χ4n) is 3.25. The highest BCUT2D eigenvalue weighted by Crippen LogP contribution is 2.29. The molecule has 1 aromatic carbocycles. The van der Waals surface area contributed by atoms with E-state index >= 15 is 0 Å². The predicted octanol–water partition coefficient (Wildman–Crippen LogP) is 3.09. The third kappa shape index (κ3) is 5.85. The lowest BCUT2D eigenvalue weighted by atomic mass is 9.78. The Labute approximate surface area is 160 Å². The van der Waals surface area contributed by atoms with Crippen molar-refractivity contribution in [3.63, 3.8) is 0 Å². The maximum absolute atomic E-state index is 12.1. The second-order valence-corrected chi connectivity index (χ2v) is 6.96. The van der Waals surface area contributed by atoms with Crippen molar-refractivity contribution in [2.75, 3.05) is 13.7 Å². The number of esters is 1. The van der Waals surface area contributed by atoms with Gasteiger partial charge in [-0.05, 0) is 42.0 Å². The molecule has 3 atom stereocenters. The molecule has 144 valence electrons. The molecule has 1 saturated carbocycles. The third-order valence-corrected chi connectivity index (χ3v) is 5.15. The van der Waals surface area contributed by atoms with Gasteiger partial charge in [0.2, 0.25) is 0 Å². The Morgan fingerprint density at radius 3 is 2.59 bits per heavy atom. The van der Waals surface area contributed by atoms with Crippen LogP contribution < -0.4 is 10.1 Å². The number of benzene rings is 1. The molecule has 0 unspecified atom stereocenters. The van der Waals surface area contributed by atoms with Crippen LogP contribution in [0.5, 0.6) is 5.75 Å². The van der Waals surface area contributed by atoms with Crippen LogP contribution in [-0.2, 0) is 14.3 Å². The fourth-order valence-corrected chi connectivity index (χ4v) is 3.25. The van der Waals surface area contributed by atoms with Gasteiger partial charge in [0, 0.05) is 6.04 Å². The van der Waals surface area contributed by atoms with Gasteiger partial charge in [0.25, 0.3) is 5.91 Å². The van der Waals surface area contributed by atoms with Gasteiger partial charge in [0.15, 0.2) is 6.61 Å². The molecule has 0 bridgehead atoms. The number of carbonyl (C=O) groups is 2. The number of nitrogens with zero attached hydrogens (tertiary/aromatic N) is 1. The smallest absolute Gasteiger partial charge is 0.349 e. The molecule has 27 heavy (non-hydrogen) atoms. The molecule has 1 aliphatic carbocycles. The van der Waals surface area contributed by atoms with Crippen LogP contribution in [0.3, 0.4) is 0 Å². The molecular formula is C21H26N2O4. The Morgan fingerprint density at radius 1 is 1.26 bits per heavy atom. The SMILES string of the molecule is COc1ccc(/C=C(/C#N)C(=O)OCC(=O)N[C@H]2CCC[C@@H](C)[C@@H]2C)cc1. The normalized spacial score (nSPS) is 22.4. The third-order valence-electron chi connectivity index (χ3n) is 5.15. The van der Waals surface area contributed by atoms with Gasteiger partial charge in [-0.1, -0.05) is 38.8 Å². The summed E-state index contributed by atoms with van der Waals surface area (Å²) in [6.45, 7) is 3.93. The summed E-state index contributed by atoms with van der Waals surface area (Å²) in [6.07, 6.45) is 4.61. The van der Waals surface area contributed by atoms with Gasteiger partial charge >= 0.3 is 5.97 Å². The first-order valence-electron chi connectivity index (χ1n) is 9.17. The first kappa shape index (κ1) is 20.5. The van der Waals surface area contributed by atoms with E-state index in [2.05, 4.69) is 19.2 Å². The molecule has 0 spiro atoms. The van der Waals surface area contributed by atoms with E-state index in [1.165, 1.54) is 12.5 Å². The maximum Gasteiger partial charge on any atom is 0.349 e. The summed E-state index contributed by atoms with van der Waals surface area (Å²) in [5.74, 6) is 0.480. The van der Waals surface area contributed by atoms with Gasteiger partial charge < -0.3 is 14.8 Å². The van der Waals surface area contributed by atoms with Crippen LogP contribution in [0.2, 0.25) is 0 Å². The molecule has 1 N–H and O–H groups in total. The maximum atomic E-state index is 12.1. The lowest BCUT2D eigenvalue weighted by Gasteiger charge is -2.34. The second kappa shape index (κ2) is 9.77. The molecule has 6 nitrogen and oxygen atoms in total. The Bertz CT molecular complexity index is 734. The molecule has 0 aliphatic heterocycles. The van der Waals surface area contributed by atoms with Crippen LogP contribution in [0, 0.1) is 23.2 Å². The fraction of sp³-hybridized carbons (Fsp3) is 0.476. The van der Waals surface area contributed by atoms with Gasteiger partial charge in [-0.25, -0.2) is 4.79 Å². The first-order valence-corrected chi connectivity index (χ1v) is 9.17. The summed E-state index contributed by atoms with van der Waals surface area (Å²) < 4.78 is 10.1. The first-order chi connectivity index (χ1) is 12.9. The molecule has 0 saturated heterocycles. The monoisotopic (exact) mass is 370 g/mol. The topological polar surface area (TPSA) is 88.4 Å². The molecule has 1 aliphatic rings. The van der Waals surface area contributed by atoms with Crippen LogP contribution >= 0.6 is 0 Å². The zero-order valence-corrected chi connectivity index (χ0v) is 16.0. The van der Waals surface area contributed by atoms with E-state index in [9.17, 15) is 14.9 Å². The lowest BCUT2D eigenvalue weighted by molar-refractivity contribution is -0.144. The van der Waals surface area contributed by atoms with E-state index in [4.69, 9.17) is 9.47 Å². The van der Waals surface area contributed by atoms with E-state index < -0.39 is 12.6 Å². The zero-order valence-electron chi connectivity index (χ0n) is 16.0. The summed E-state index contributed by atoms with van der Waals surface area (Å²) in [5, 5.41) is 12.1. The number of rotatable bonds is 6. The molecule has 6 heteroatoms. The van der Waals surface area contributed by atoms with Crippen molar-refractivity contribution in [3.05, 3.63) is 35.4 Å². The van der Waals surface area contributed by atoms with Crippen molar-refractivity contribution < 1.29 is 19.1 Å². The van der Waals surface area contributed by atoms with E-state index in [0.29, 0.717) is 23.1 Å². The average Bonchev–Trinajstić information content (AvgIpc) is 2.68. The Morgan fingerprint density at radius 2 is 1.96 bits per heavy atom. The highest BCUT2D eigenvalue weighted by Gasteiger charge is 2.28. The van der Waals surface area contributed by atoms with Crippen molar-refractivity contribution in [1.82, 2.24) is 5.32 Å². The minimum Gasteiger partial charge on any atom is -0.497 e. The van der Waals surface area contributed by atoms with Gasteiger partial charge in [-0.3, -0.25) is 4.79 Å². The predicted molar refractivity (Wildman–Crippen MR) is 102 cm³/mol. The highest BCUT2D eigenvalue weighted by molar-refractivity contribution is 5.98. The molecule has 0 heterocycles. The van der Waals surface area contributed by atoms with E-state index in [0.717, 1.165) is 12.8 Å². The Balaban J connectivity index is 1.89. The number of carbonyl (C=O) groups excluding carboxylic acids is 2. The molecule has 1 amide bonds. The lowest BCUT2D eigenvalue weighted by Crippen LogP contribution is -2.45. The van der Waals surface area contributed by atoms with Gasteiger partial charge in [0.05, 0.1) is 7.11 Å². The van der Waals surface area contributed by atoms with Crippen molar-refractivity contribution in [2.24, 2.45) is 11.8 Å². The highest BCUT2D eigenvalue weighted by atomic mass is 16.5. The minimum absolute atomic E-state index is 0.102. The number of ether oxygens (including phenoxy) is 2. The van der Waals surface area contributed by atoms with E-state index in [1.807, 2.05) is 6.07 Å². The number of amides is 1. The molecule has 1 fully saturated rings. The standard InChI is InChI=1S/C21H26N2O4/c1-14-5-4-6-19(15(14)2)23-20(24)13-27-21(25)17(12-22)11-16-7-9-18(26-3)10-8-16/h7-11,14-15,19H,4-6,13H2,1-3H3,(H,23,24)/b17-11-/t14-,15+,19+/m1/s1. The van der Waals surface area contributed by atoms with Crippen LogP contribution in [0.25, 0.3) is 6.08 Å². The van der Waals surface area contributed by atoms with Crippen LogP contribution in [0.1, 0.15) is 38.7 Å². The van der Waals surface area contributed by atoms with E-state index in [1.54, 1.807) is 31.4 Å². The summed E-state index contributed by atoms with van der Waals surface area (Å²) >= 11 is 0. The average molecular weight is 370 g/mol. The summed E-state index contributed by atoms with van der Waals surface area (Å²) in [5.41, 5.74) is 0.506. The van der Waals surface area contributed by atoms with Crippen LogP contribution in [0.15, 0.2) is 29.8 Å². The van der Waals surface area contributed by atoms with Crippen LogP contribution in [-0.4, -0.2) is 31.6 Å². The molecule has 0 aromatic heterocycles. The van der Waals surface area contributed by atoms with E-state index in [-0.39, 0.29) is 17.5 Å². The van der Waals surface area contributed by atoms with Crippen LogP contribution in [0.4, 0.5) is 0 Å². The van der Waals surface area contributed by atoms with Gasteiger partial charge in [-0.2, -0.15) is 5.26 Å². The number of methoxy groups -OCH3 is 1. The zero-order chi connectivity index (χ0) is 19.8. The van der Waals surface area contributed by atoms with Crippen molar-refractivity contribution in [1.29, 1.82) is 5.26 Å². The Hall–Kier alpha value is -2.81. The second-order valence-electron chi connectivity index (χ2n) is 6.96. The molecule has 0 radical (unpaired) electrons. The largest absolute Gasteiger partial charge is 0.497 e. The number of nitrogens with one attached hydrogen (secondary N) is 1. The molecule has 2 rings (SSSR count). The van der Waals surface area contributed by atoms with Crippen molar-refractivity contribution in [3.8, 4) is 11.8 Å². The van der Waals surface area contributed by atoms with Gasteiger partial charge in [0.1, 0.15) is 17.4 Å². The summed E-state index contributed by atoms with van der Waals surface area (Å²) in [6, 6.07) is 8.83.